The fourth-order valence-corrected chi connectivity index (χ4v) is 3.27. The Balaban J connectivity index is 1.60. The molecule has 1 amide bonds. The highest BCUT2D eigenvalue weighted by Crippen LogP contribution is 2.29. The smallest absolute Gasteiger partial charge is 0.416 e. The van der Waals surface area contributed by atoms with Crippen LogP contribution in [-0.4, -0.2) is 12.0 Å². The molecule has 0 aliphatic heterocycles. The van der Waals surface area contributed by atoms with E-state index in [4.69, 9.17) is 4.74 Å². The number of ether oxygens (including phenoxy) is 1. The van der Waals surface area contributed by atoms with E-state index in [1.54, 1.807) is 6.07 Å². The van der Waals surface area contributed by atoms with E-state index in [1.165, 1.54) is 17.2 Å². The van der Waals surface area contributed by atoms with Crippen LogP contribution in [0.2, 0.25) is 0 Å². The van der Waals surface area contributed by atoms with E-state index in [-0.39, 0.29) is 12.5 Å². The fraction of sp³-hybridized carbons (Fsp3) is 0.381. The zero-order chi connectivity index (χ0) is 19.4. The van der Waals surface area contributed by atoms with Crippen molar-refractivity contribution < 1.29 is 22.7 Å². The quantitative estimate of drug-likeness (QED) is 0.795. The first-order chi connectivity index (χ1) is 12.9. The minimum absolute atomic E-state index is 0.0206. The molecule has 0 spiro atoms. The van der Waals surface area contributed by atoms with Crippen LogP contribution in [0.3, 0.4) is 0 Å². The molecule has 2 aromatic carbocycles. The number of rotatable bonds is 6. The van der Waals surface area contributed by atoms with Crippen LogP contribution < -0.4 is 10.1 Å². The zero-order valence-corrected chi connectivity index (χ0v) is 15.1. The summed E-state index contributed by atoms with van der Waals surface area (Å²) in [5.74, 6) is 0.312. The summed E-state index contributed by atoms with van der Waals surface area (Å²) >= 11 is 0. The third-order valence-corrected chi connectivity index (χ3v) is 4.73. The van der Waals surface area contributed by atoms with Gasteiger partial charge in [0.1, 0.15) is 5.75 Å². The van der Waals surface area contributed by atoms with Crippen molar-refractivity contribution >= 4 is 5.91 Å². The summed E-state index contributed by atoms with van der Waals surface area (Å²) in [5, 5.41) is 2.67. The summed E-state index contributed by atoms with van der Waals surface area (Å²) < 4.78 is 44.2. The van der Waals surface area contributed by atoms with Gasteiger partial charge >= 0.3 is 6.18 Å². The normalized spacial score (nSPS) is 14.5. The van der Waals surface area contributed by atoms with Gasteiger partial charge in [0.05, 0.1) is 5.56 Å². The average Bonchev–Trinajstić information content (AvgIpc) is 3.11. The second-order valence-electron chi connectivity index (χ2n) is 6.71. The molecule has 2 aromatic rings. The summed E-state index contributed by atoms with van der Waals surface area (Å²) in [6.45, 7) is 1.86. The summed E-state index contributed by atoms with van der Waals surface area (Å²) in [7, 11) is 0. The zero-order valence-electron chi connectivity index (χ0n) is 15.1. The molecule has 144 valence electrons. The van der Waals surface area contributed by atoms with Gasteiger partial charge in [0.25, 0.3) is 5.91 Å². The minimum Gasteiger partial charge on any atom is -0.481 e. The topological polar surface area (TPSA) is 38.3 Å². The lowest BCUT2D eigenvalue weighted by Crippen LogP contribution is -2.37. The maximum atomic E-state index is 12.8. The first kappa shape index (κ1) is 19.3. The molecule has 0 aromatic heterocycles. The third kappa shape index (κ3) is 4.81. The summed E-state index contributed by atoms with van der Waals surface area (Å²) in [6.07, 6.45) is -1.40. The summed E-state index contributed by atoms with van der Waals surface area (Å²) in [6, 6.07) is 10.8. The molecule has 0 heterocycles. The maximum absolute atomic E-state index is 12.8. The van der Waals surface area contributed by atoms with E-state index in [9.17, 15) is 18.0 Å². The van der Waals surface area contributed by atoms with Gasteiger partial charge in [0.2, 0.25) is 0 Å². The fourth-order valence-electron chi connectivity index (χ4n) is 3.27. The Kier molecular flexibility index (Phi) is 5.73. The van der Waals surface area contributed by atoms with E-state index in [0.717, 1.165) is 31.4 Å². The number of nitrogens with one attached hydrogen (secondary N) is 1. The predicted octanol–water partition coefficient (Wildman–Crippen LogP) is 4.67. The number of carbonyl (C=O) groups excluding carboxylic acids is 1. The molecule has 0 radical (unpaired) electrons. The Hall–Kier alpha value is -2.50. The van der Waals surface area contributed by atoms with Crippen molar-refractivity contribution in [1.29, 1.82) is 0 Å². The molecule has 1 N–H and O–H groups in total. The second-order valence-corrected chi connectivity index (χ2v) is 6.71. The highest BCUT2D eigenvalue weighted by atomic mass is 19.4. The Bertz CT molecular complexity index is 817. The van der Waals surface area contributed by atoms with Crippen LogP contribution in [0, 0.1) is 0 Å². The Morgan fingerprint density at radius 3 is 2.67 bits per heavy atom. The van der Waals surface area contributed by atoms with Gasteiger partial charge in [-0.25, -0.2) is 0 Å². The van der Waals surface area contributed by atoms with Gasteiger partial charge in [-0.05, 0) is 66.6 Å². The van der Waals surface area contributed by atoms with Crippen molar-refractivity contribution in [3.05, 3.63) is 64.7 Å². The molecule has 0 unspecified atom stereocenters. The molecule has 6 heteroatoms. The summed E-state index contributed by atoms with van der Waals surface area (Å²) in [5.41, 5.74) is 2.25. The molecule has 3 rings (SSSR count). The number of fused-ring (bicyclic) bond motifs is 1. The molecular formula is C21H22F3NO2. The van der Waals surface area contributed by atoms with Crippen molar-refractivity contribution in [3.63, 3.8) is 0 Å². The van der Waals surface area contributed by atoms with Crippen LogP contribution in [0.5, 0.6) is 5.75 Å². The molecule has 27 heavy (non-hydrogen) atoms. The van der Waals surface area contributed by atoms with Crippen LogP contribution in [-0.2, 0) is 30.4 Å². The van der Waals surface area contributed by atoms with Gasteiger partial charge in [0, 0.05) is 6.54 Å². The van der Waals surface area contributed by atoms with Crippen molar-refractivity contribution in [3.8, 4) is 5.75 Å². The number of hydrogen-bond donors (Lipinski definition) is 1. The minimum atomic E-state index is -4.40. The highest BCUT2D eigenvalue weighted by Gasteiger charge is 2.30. The van der Waals surface area contributed by atoms with Crippen molar-refractivity contribution in [2.45, 2.75) is 51.4 Å². The van der Waals surface area contributed by atoms with Crippen LogP contribution in [0.1, 0.15) is 42.0 Å². The average molecular weight is 377 g/mol. The molecule has 1 aliphatic carbocycles. The van der Waals surface area contributed by atoms with Crippen molar-refractivity contribution in [2.75, 3.05) is 0 Å². The van der Waals surface area contributed by atoms with Crippen molar-refractivity contribution in [2.24, 2.45) is 0 Å². The molecule has 0 saturated carbocycles. The largest absolute Gasteiger partial charge is 0.481 e. The Morgan fingerprint density at radius 1 is 1.15 bits per heavy atom. The SMILES string of the molecule is CC[C@@H](Oc1ccc2c(c1)CCC2)C(=O)NCc1cccc(C(F)(F)F)c1. The highest BCUT2D eigenvalue weighted by molar-refractivity contribution is 5.81. The number of carbonyl (C=O) groups is 1. The number of benzene rings is 2. The lowest BCUT2D eigenvalue weighted by Gasteiger charge is -2.18. The predicted molar refractivity (Wildman–Crippen MR) is 96.5 cm³/mol. The Morgan fingerprint density at radius 2 is 1.93 bits per heavy atom. The maximum Gasteiger partial charge on any atom is 0.416 e. The standard InChI is InChI=1S/C21H22F3NO2/c1-2-19(27-18-10-9-15-6-4-7-16(15)12-18)20(26)25-13-14-5-3-8-17(11-14)21(22,23)24/h3,5,8-12,19H,2,4,6-7,13H2,1H3,(H,25,26)/t19-/m1/s1. The van der Waals surface area contributed by atoms with Crippen LogP contribution in [0.4, 0.5) is 13.2 Å². The van der Waals surface area contributed by atoms with E-state index in [1.807, 2.05) is 25.1 Å². The molecule has 1 aliphatic rings. The van der Waals surface area contributed by atoms with Crippen LogP contribution >= 0.6 is 0 Å². The van der Waals surface area contributed by atoms with Gasteiger partial charge in [-0.3, -0.25) is 4.79 Å². The van der Waals surface area contributed by atoms with Crippen LogP contribution in [0.15, 0.2) is 42.5 Å². The van der Waals surface area contributed by atoms with E-state index in [2.05, 4.69) is 5.32 Å². The number of aryl methyl sites for hydroxylation is 2. The van der Waals surface area contributed by atoms with Gasteiger partial charge in [-0.1, -0.05) is 25.1 Å². The van der Waals surface area contributed by atoms with E-state index >= 15 is 0 Å². The number of halogens is 3. The second kappa shape index (κ2) is 8.03. The van der Waals surface area contributed by atoms with E-state index < -0.39 is 17.8 Å². The number of amides is 1. The first-order valence-electron chi connectivity index (χ1n) is 9.09. The van der Waals surface area contributed by atoms with Gasteiger partial charge in [0.15, 0.2) is 6.10 Å². The van der Waals surface area contributed by atoms with Gasteiger partial charge < -0.3 is 10.1 Å². The molecule has 0 saturated heterocycles. The molecular weight excluding hydrogens is 355 g/mol. The van der Waals surface area contributed by atoms with Gasteiger partial charge in [-0.15, -0.1) is 0 Å². The molecule has 0 bridgehead atoms. The molecule has 1 atom stereocenters. The lowest BCUT2D eigenvalue weighted by atomic mass is 10.1. The number of alkyl halides is 3. The number of hydrogen-bond acceptors (Lipinski definition) is 2. The monoisotopic (exact) mass is 377 g/mol. The Labute approximate surface area is 156 Å². The summed E-state index contributed by atoms with van der Waals surface area (Å²) in [4.78, 5) is 12.4. The third-order valence-electron chi connectivity index (χ3n) is 4.73. The van der Waals surface area contributed by atoms with Crippen molar-refractivity contribution in [1.82, 2.24) is 5.32 Å². The molecule has 0 fully saturated rings. The first-order valence-corrected chi connectivity index (χ1v) is 9.09. The van der Waals surface area contributed by atoms with Crippen LogP contribution in [0.25, 0.3) is 0 Å². The van der Waals surface area contributed by atoms with Gasteiger partial charge in [-0.2, -0.15) is 13.2 Å². The lowest BCUT2D eigenvalue weighted by molar-refractivity contribution is -0.137. The molecule has 3 nitrogen and oxygen atoms in total. The van der Waals surface area contributed by atoms with E-state index in [0.29, 0.717) is 17.7 Å².